The first kappa shape index (κ1) is 16.5. The average molecular weight is 396 g/mol. The van der Waals surface area contributed by atoms with Gasteiger partial charge in [0.1, 0.15) is 5.75 Å². The van der Waals surface area contributed by atoms with Gasteiger partial charge in [0.05, 0.1) is 18.0 Å². The van der Waals surface area contributed by atoms with Gasteiger partial charge in [-0.05, 0) is 48.7 Å². The smallest absolute Gasteiger partial charge is 0.243 e. The highest BCUT2D eigenvalue weighted by Gasteiger charge is 2.36. The van der Waals surface area contributed by atoms with Crippen LogP contribution >= 0.6 is 15.9 Å². The molecule has 1 fully saturated rings. The normalized spacial score (nSPS) is 19.0. The molecule has 1 heterocycles. The van der Waals surface area contributed by atoms with E-state index >= 15 is 0 Å². The Kier molecular flexibility index (Phi) is 4.75. The molecule has 0 N–H and O–H groups in total. The molecule has 0 bridgehead atoms. The second-order valence-corrected chi connectivity index (χ2v) is 8.31. The Labute approximate surface area is 145 Å². The molecule has 2 aromatic rings. The first-order valence-electron chi connectivity index (χ1n) is 7.44. The molecule has 6 heteroatoms. The molecule has 0 amide bonds. The van der Waals surface area contributed by atoms with Crippen molar-refractivity contribution >= 4 is 26.0 Å². The van der Waals surface area contributed by atoms with Gasteiger partial charge in [-0.2, -0.15) is 4.31 Å². The number of rotatable bonds is 4. The lowest BCUT2D eigenvalue weighted by atomic mass is 10.1. The van der Waals surface area contributed by atoms with E-state index in [0.29, 0.717) is 11.4 Å². The quantitative estimate of drug-likeness (QED) is 0.786. The van der Waals surface area contributed by atoms with E-state index in [1.54, 1.807) is 29.6 Å². The molecule has 0 aromatic heterocycles. The fraction of sp³-hybridized carbons (Fsp3) is 0.294. The summed E-state index contributed by atoms with van der Waals surface area (Å²) in [5.41, 5.74) is 0.973. The van der Waals surface area contributed by atoms with Crippen molar-refractivity contribution in [1.29, 1.82) is 0 Å². The molecule has 23 heavy (non-hydrogen) atoms. The number of hydrogen-bond acceptors (Lipinski definition) is 3. The van der Waals surface area contributed by atoms with Crippen LogP contribution in [0.25, 0.3) is 0 Å². The Hall–Kier alpha value is -1.37. The molecule has 4 nitrogen and oxygen atoms in total. The van der Waals surface area contributed by atoms with Gasteiger partial charge in [-0.1, -0.05) is 34.1 Å². The lowest BCUT2D eigenvalue weighted by molar-refractivity contribution is 0.390. The Balaban J connectivity index is 1.97. The monoisotopic (exact) mass is 395 g/mol. The lowest BCUT2D eigenvalue weighted by Crippen LogP contribution is -2.30. The fourth-order valence-corrected chi connectivity index (χ4v) is 5.25. The van der Waals surface area contributed by atoms with Crippen molar-refractivity contribution in [2.75, 3.05) is 13.7 Å². The van der Waals surface area contributed by atoms with Crippen LogP contribution in [-0.2, 0) is 10.0 Å². The molecule has 0 radical (unpaired) electrons. The molecule has 1 aliphatic rings. The summed E-state index contributed by atoms with van der Waals surface area (Å²) < 4.78 is 33.6. The van der Waals surface area contributed by atoms with Crippen molar-refractivity contribution < 1.29 is 13.2 Å². The number of sulfonamides is 1. The number of methoxy groups -OCH3 is 1. The highest BCUT2D eigenvalue weighted by Crippen LogP contribution is 2.37. The second-order valence-electron chi connectivity index (χ2n) is 5.51. The van der Waals surface area contributed by atoms with Gasteiger partial charge in [0.2, 0.25) is 10.0 Å². The van der Waals surface area contributed by atoms with Crippen molar-refractivity contribution in [3.63, 3.8) is 0 Å². The lowest BCUT2D eigenvalue weighted by Gasteiger charge is -2.24. The highest BCUT2D eigenvalue weighted by molar-refractivity contribution is 9.10. The summed E-state index contributed by atoms with van der Waals surface area (Å²) in [7, 11) is -1.90. The number of ether oxygens (including phenoxy) is 1. The zero-order chi connectivity index (χ0) is 16.4. The largest absolute Gasteiger partial charge is 0.497 e. The molecular formula is C17H18BrNO3S. The van der Waals surface area contributed by atoms with Crippen LogP contribution in [0.5, 0.6) is 5.75 Å². The van der Waals surface area contributed by atoms with Crippen molar-refractivity contribution in [1.82, 2.24) is 4.31 Å². The van der Waals surface area contributed by atoms with Gasteiger partial charge in [-0.3, -0.25) is 0 Å². The SMILES string of the molecule is COc1cccc([C@H]2CCCN2S(=O)(=O)c2cccc(Br)c2)c1. The molecule has 0 aliphatic carbocycles. The molecular weight excluding hydrogens is 378 g/mol. The molecule has 0 unspecified atom stereocenters. The zero-order valence-corrected chi connectivity index (χ0v) is 15.2. The third-order valence-corrected chi connectivity index (χ3v) is 6.48. The maximum atomic E-state index is 13.0. The number of halogens is 1. The summed E-state index contributed by atoms with van der Waals surface area (Å²) in [5.74, 6) is 0.745. The predicted octanol–water partition coefficient (Wildman–Crippen LogP) is 3.98. The van der Waals surface area contributed by atoms with Crippen LogP contribution in [0.1, 0.15) is 24.4 Å². The minimum absolute atomic E-state index is 0.144. The van der Waals surface area contributed by atoms with Crippen molar-refractivity contribution in [3.05, 3.63) is 58.6 Å². The molecule has 3 rings (SSSR count). The summed E-state index contributed by atoms with van der Waals surface area (Å²) in [6.45, 7) is 0.538. The Morgan fingerprint density at radius 1 is 1.17 bits per heavy atom. The van der Waals surface area contributed by atoms with Crippen molar-refractivity contribution in [2.24, 2.45) is 0 Å². The topological polar surface area (TPSA) is 46.6 Å². The van der Waals surface area contributed by atoms with Crippen LogP contribution in [0.2, 0.25) is 0 Å². The summed E-state index contributed by atoms with van der Waals surface area (Å²) in [5, 5.41) is 0. The van der Waals surface area contributed by atoms with Gasteiger partial charge in [-0.15, -0.1) is 0 Å². The first-order chi connectivity index (χ1) is 11.0. The predicted molar refractivity (Wildman–Crippen MR) is 93.0 cm³/mol. The molecule has 1 atom stereocenters. The third kappa shape index (κ3) is 3.29. The first-order valence-corrected chi connectivity index (χ1v) is 9.67. The van der Waals surface area contributed by atoms with Gasteiger partial charge in [0.15, 0.2) is 0 Å². The summed E-state index contributed by atoms with van der Waals surface area (Å²) >= 11 is 3.34. The van der Waals surface area contributed by atoms with Crippen LogP contribution in [-0.4, -0.2) is 26.4 Å². The van der Waals surface area contributed by atoms with Crippen LogP contribution in [0.15, 0.2) is 57.9 Å². The zero-order valence-electron chi connectivity index (χ0n) is 12.8. The molecule has 0 spiro atoms. The Bertz CT molecular complexity index is 807. The molecule has 2 aromatic carbocycles. The van der Waals surface area contributed by atoms with E-state index in [1.807, 2.05) is 30.3 Å². The van der Waals surface area contributed by atoms with Gasteiger partial charge in [0.25, 0.3) is 0 Å². The average Bonchev–Trinajstić information content (AvgIpc) is 3.05. The highest BCUT2D eigenvalue weighted by atomic mass is 79.9. The summed E-state index contributed by atoms with van der Waals surface area (Å²) in [6, 6.07) is 14.4. The number of nitrogens with zero attached hydrogens (tertiary/aromatic N) is 1. The maximum absolute atomic E-state index is 13.0. The summed E-state index contributed by atoms with van der Waals surface area (Å²) in [6.07, 6.45) is 1.68. The van der Waals surface area contributed by atoms with Crippen LogP contribution < -0.4 is 4.74 Å². The van der Waals surface area contributed by atoms with Gasteiger partial charge < -0.3 is 4.74 Å². The van der Waals surface area contributed by atoms with Gasteiger partial charge in [0, 0.05) is 11.0 Å². The maximum Gasteiger partial charge on any atom is 0.243 e. The van der Waals surface area contributed by atoms with E-state index < -0.39 is 10.0 Å². The van der Waals surface area contributed by atoms with E-state index in [1.165, 1.54) is 0 Å². The standard InChI is InChI=1S/C17H18BrNO3S/c1-22-15-7-2-5-13(11-15)17-9-4-10-19(17)23(20,21)16-8-3-6-14(18)12-16/h2-3,5-8,11-12,17H,4,9-10H2,1H3/t17-/m1/s1. The molecule has 122 valence electrons. The van der Waals surface area contributed by atoms with Crippen LogP contribution in [0, 0.1) is 0 Å². The minimum Gasteiger partial charge on any atom is -0.497 e. The van der Waals surface area contributed by atoms with Gasteiger partial charge in [-0.25, -0.2) is 8.42 Å². The van der Waals surface area contributed by atoms with E-state index in [4.69, 9.17) is 4.74 Å². The number of hydrogen-bond donors (Lipinski definition) is 0. The van der Waals surface area contributed by atoms with Crippen molar-refractivity contribution in [3.8, 4) is 5.75 Å². The van der Waals surface area contributed by atoms with E-state index in [-0.39, 0.29) is 6.04 Å². The van der Waals surface area contributed by atoms with E-state index in [2.05, 4.69) is 15.9 Å². The van der Waals surface area contributed by atoms with E-state index in [0.717, 1.165) is 28.6 Å². The minimum atomic E-state index is -3.52. The fourth-order valence-electron chi connectivity index (χ4n) is 2.97. The molecule has 0 saturated carbocycles. The van der Waals surface area contributed by atoms with Crippen molar-refractivity contribution in [2.45, 2.75) is 23.8 Å². The third-order valence-electron chi connectivity index (χ3n) is 4.08. The summed E-state index contributed by atoms with van der Waals surface area (Å²) in [4.78, 5) is 0.321. The van der Waals surface area contributed by atoms with Crippen LogP contribution in [0.4, 0.5) is 0 Å². The van der Waals surface area contributed by atoms with Crippen LogP contribution in [0.3, 0.4) is 0 Å². The number of benzene rings is 2. The molecule has 1 saturated heterocycles. The van der Waals surface area contributed by atoms with E-state index in [9.17, 15) is 8.42 Å². The Morgan fingerprint density at radius 2 is 1.96 bits per heavy atom. The molecule has 1 aliphatic heterocycles. The van der Waals surface area contributed by atoms with Gasteiger partial charge >= 0.3 is 0 Å². The second kappa shape index (κ2) is 6.63. The Morgan fingerprint density at radius 3 is 2.70 bits per heavy atom.